The molecular weight excluding hydrogens is 466 g/mol. The molecule has 8 nitrogen and oxygen atoms in total. The summed E-state index contributed by atoms with van der Waals surface area (Å²) in [7, 11) is -3.72. The number of hydrogen-bond donors (Lipinski definition) is 2. The monoisotopic (exact) mass is 485 g/mol. The SMILES string of the molecule is Cc1ccc(S(=O)(=O)Nc2ccc(C(=O)N/N=C/c3cc(Cl)cc4c3OCOC4)cc2)cc1. The number of halogens is 1. The van der Waals surface area contributed by atoms with Gasteiger partial charge in [-0.3, -0.25) is 9.52 Å². The van der Waals surface area contributed by atoms with Gasteiger partial charge in [-0.2, -0.15) is 5.10 Å². The third-order valence-corrected chi connectivity index (χ3v) is 6.42. The van der Waals surface area contributed by atoms with E-state index in [1.807, 2.05) is 6.92 Å². The summed E-state index contributed by atoms with van der Waals surface area (Å²) < 4.78 is 38.2. The maximum atomic E-state index is 12.5. The molecule has 2 N–H and O–H groups in total. The van der Waals surface area contributed by atoms with Crippen LogP contribution in [-0.4, -0.2) is 27.3 Å². The van der Waals surface area contributed by atoms with E-state index in [1.165, 1.54) is 42.6 Å². The van der Waals surface area contributed by atoms with Gasteiger partial charge in [0.2, 0.25) is 0 Å². The van der Waals surface area contributed by atoms with Gasteiger partial charge in [0.25, 0.3) is 15.9 Å². The zero-order chi connectivity index (χ0) is 23.4. The molecule has 10 heteroatoms. The van der Waals surface area contributed by atoms with Crippen molar-refractivity contribution < 1.29 is 22.7 Å². The first-order valence-corrected chi connectivity index (χ1v) is 11.7. The molecule has 0 radical (unpaired) electrons. The molecule has 3 aromatic carbocycles. The second-order valence-corrected chi connectivity index (χ2v) is 9.41. The predicted molar refractivity (Wildman–Crippen MR) is 125 cm³/mol. The fourth-order valence-corrected chi connectivity index (χ4v) is 4.46. The molecule has 1 heterocycles. The Kier molecular flexibility index (Phi) is 6.64. The highest BCUT2D eigenvalue weighted by Crippen LogP contribution is 2.30. The normalized spacial score (nSPS) is 13.3. The summed E-state index contributed by atoms with van der Waals surface area (Å²) in [6.45, 7) is 2.38. The van der Waals surface area contributed by atoms with Gasteiger partial charge < -0.3 is 9.47 Å². The highest BCUT2D eigenvalue weighted by atomic mass is 35.5. The van der Waals surface area contributed by atoms with Crippen molar-refractivity contribution >= 4 is 39.4 Å². The number of amides is 1. The molecule has 0 saturated heterocycles. The quantitative estimate of drug-likeness (QED) is 0.404. The minimum absolute atomic E-state index is 0.127. The van der Waals surface area contributed by atoms with Crippen LogP contribution in [0.1, 0.15) is 27.0 Å². The summed E-state index contributed by atoms with van der Waals surface area (Å²) >= 11 is 6.12. The van der Waals surface area contributed by atoms with Gasteiger partial charge in [-0.25, -0.2) is 13.8 Å². The second kappa shape index (κ2) is 9.62. The Morgan fingerprint density at radius 2 is 1.82 bits per heavy atom. The number of anilines is 1. The summed E-state index contributed by atoms with van der Waals surface area (Å²) in [5, 5.41) is 4.48. The van der Waals surface area contributed by atoms with E-state index in [2.05, 4.69) is 15.2 Å². The van der Waals surface area contributed by atoms with Crippen molar-refractivity contribution in [2.75, 3.05) is 11.5 Å². The lowest BCUT2D eigenvalue weighted by Gasteiger charge is -2.19. The highest BCUT2D eigenvalue weighted by Gasteiger charge is 2.16. The lowest BCUT2D eigenvalue weighted by molar-refractivity contribution is -0.0164. The van der Waals surface area contributed by atoms with Gasteiger partial charge in [-0.15, -0.1) is 0 Å². The molecule has 0 aliphatic carbocycles. The highest BCUT2D eigenvalue weighted by molar-refractivity contribution is 7.92. The third kappa shape index (κ3) is 5.51. The molecule has 1 aliphatic rings. The molecule has 33 heavy (non-hydrogen) atoms. The number of nitrogens with zero attached hydrogens (tertiary/aromatic N) is 1. The topological polar surface area (TPSA) is 106 Å². The molecule has 0 unspecified atom stereocenters. The maximum Gasteiger partial charge on any atom is 0.271 e. The van der Waals surface area contributed by atoms with E-state index in [0.29, 0.717) is 34.2 Å². The Morgan fingerprint density at radius 3 is 2.55 bits per heavy atom. The number of rotatable bonds is 6. The first kappa shape index (κ1) is 22.8. The van der Waals surface area contributed by atoms with Crippen molar-refractivity contribution in [1.82, 2.24) is 5.43 Å². The van der Waals surface area contributed by atoms with Crippen LogP contribution in [0.2, 0.25) is 5.02 Å². The van der Waals surface area contributed by atoms with E-state index in [0.717, 1.165) is 11.1 Å². The molecule has 1 aliphatic heterocycles. The average Bonchev–Trinajstić information content (AvgIpc) is 2.79. The van der Waals surface area contributed by atoms with Crippen molar-refractivity contribution in [2.24, 2.45) is 5.10 Å². The van der Waals surface area contributed by atoms with Crippen LogP contribution in [0.25, 0.3) is 0 Å². The number of carbonyl (C=O) groups is 1. The van der Waals surface area contributed by atoms with Crippen molar-refractivity contribution in [2.45, 2.75) is 18.4 Å². The predicted octanol–water partition coefficient (Wildman–Crippen LogP) is 4.08. The average molecular weight is 486 g/mol. The molecule has 4 rings (SSSR count). The molecule has 1 amide bonds. The summed E-state index contributed by atoms with van der Waals surface area (Å²) in [5.41, 5.74) is 5.45. The molecule has 0 aromatic heterocycles. The minimum atomic E-state index is -3.72. The molecule has 170 valence electrons. The van der Waals surface area contributed by atoms with Crippen LogP contribution in [0.5, 0.6) is 5.75 Å². The number of benzene rings is 3. The Balaban J connectivity index is 1.41. The van der Waals surface area contributed by atoms with Crippen LogP contribution >= 0.6 is 11.6 Å². The summed E-state index contributed by atoms with van der Waals surface area (Å²) in [6, 6.07) is 16.0. The Bertz CT molecular complexity index is 1310. The Hall–Kier alpha value is -3.40. The van der Waals surface area contributed by atoms with Gasteiger partial charge in [0, 0.05) is 27.4 Å². The van der Waals surface area contributed by atoms with E-state index in [9.17, 15) is 13.2 Å². The number of sulfonamides is 1. The van der Waals surface area contributed by atoms with Crippen molar-refractivity contribution in [3.63, 3.8) is 0 Å². The first-order valence-electron chi connectivity index (χ1n) is 9.88. The maximum absolute atomic E-state index is 12.5. The number of aryl methyl sites for hydroxylation is 1. The molecule has 3 aromatic rings. The Labute approximate surface area is 196 Å². The molecule has 0 fully saturated rings. The number of ether oxygens (including phenoxy) is 2. The molecule has 0 saturated carbocycles. The van der Waals surface area contributed by atoms with Crippen molar-refractivity contribution in [1.29, 1.82) is 0 Å². The van der Waals surface area contributed by atoms with Gasteiger partial charge in [-0.1, -0.05) is 29.3 Å². The van der Waals surface area contributed by atoms with Crippen LogP contribution < -0.4 is 14.9 Å². The van der Waals surface area contributed by atoms with E-state index in [4.69, 9.17) is 21.1 Å². The van der Waals surface area contributed by atoms with E-state index in [-0.39, 0.29) is 11.7 Å². The van der Waals surface area contributed by atoms with Crippen molar-refractivity contribution in [3.8, 4) is 5.75 Å². The summed E-state index contributed by atoms with van der Waals surface area (Å²) in [6.07, 6.45) is 1.44. The number of nitrogens with one attached hydrogen (secondary N) is 2. The second-order valence-electron chi connectivity index (χ2n) is 7.29. The summed E-state index contributed by atoms with van der Waals surface area (Å²) in [4.78, 5) is 12.6. The summed E-state index contributed by atoms with van der Waals surface area (Å²) in [5.74, 6) is 0.146. The van der Waals surface area contributed by atoms with Crippen LogP contribution in [0.4, 0.5) is 5.69 Å². The fraction of sp³-hybridized carbons (Fsp3) is 0.130. The van der Waals surface area contributed by atoms with Gasteiger partial charge >= 0.3 is 0 Å². The zero-order valence-corrected chi connectivity index (χ0v) is 19.1. The van der Waals surface area contributed by atoms with Crippen molar-refractivity contribution in [3.05, 3.63) is 87.9 Å². The van der Waals surface area contributed by atoms with Crippen LogP contribution in [0, 0.1) is 6.92 Å². The van der Waals surface area contributed by atoms with Crippen LogP contribution in [-0.2, 0) is 21.4 Å². The number of hydrogen-bond acceptors (Lipinski definition) is 6. The molecular formula is C23H20ClN3O5S. The third-order valence-electron chi connectivity index (χ3n) is 4.80. The lowest BCUT2D eigenvalue weighted by Crippen LogP contribution is -2.18. The van der Waals surface area contributed by atoms with Crippen LogP contribution in [0.15, 0.2) is 70.7 Å². The van der Waals surface area contributed by atoms with Gasteiger partial charge in [-0.05, 0) is 55.5 Å². The van der Waals surface area contributed by atoms with Gasteiger partial charge in [0.05, 0.1) is 17.7 Å². The standard InChI is InChI=1S/C23H20ClN3O5S/c1-15-2-8-21(9-3-15)33(29,30)27-20-6-4-16(5-7-20)23(28)26-25-12-17-10-19(24)11-18-13-31-14-32-22(17)18/h2-12,27H,13-14H2,1H3,(H,26,28)/b25-12+. The van der Waals surface area contributed by atoms with E-state index >= 15 is 0 Å². The molecule has 0 bridgehead atoms. The lowest BCUT2D eigenvalue weighted by atomic mass is 10.1. The minimum Gasteiger partial charge on any atom is -0.466 e. The zero-order valence-electron chi connectivity index (χ0n) is 17.5. The van der Waals surface area contributed by atoms with E-state index in [1.54, 1.807) is 24.3 Å². The van der Waals surface area contributed by atoms with Gasteiger partial charge in [0.15, 0.2) is 6.79 Å². The van der Waals surface area contributed by atoms with Crippen LogP contribution in [0.3, 0.4) is 0 Å². The molecule has 0 atom stereocenters. The van der Waals surface area contributed by atoms with Gasteiger partial charge in [0.1, 0.15) is 5.75 Å². The number of hydrazone groups is 1. The van der Waals surface area contributed by atoms with E-state index < -0.39 is 15.9 Å². The first-order chi connectivity index (χ1) is 15.8. The Morgan fingerprint density at radius 1 is 1.09 bits per heavy atom. The fourth-order valence-electron chi connectivity index (χ4n) is 3.15. The smallest absolute Gasteiger partial charge is 0.271 e. The molecule has 0 spiro atoms. The largest absolute Gasteiger partial charge is 0.466 e. The number of carbonyl (C=O) groups excluding carboxylic acids is 1. The number of fused-ring (bicyclic) bond motifs is 1.